The number of rotatable bonds is 4. The van der Waals surface area contributed by atoms with Gasteiger partial charge in [0.05, 0.1) is 10.0 Å². The first-order valence-electron chi connectivity index (χ1n) is 9.00. The van der Waals surface area contributed by atoms with Gasteiger partial charge in [-0.2, -0.15) is 0 Å². The normalized spacial score (nSPS) is 20.6. The van der Waals surface area contributed by atoms with Crippen LogP contribution in [0.5, 0.6) is 0 Å². The largest absolute Gasteiger partial charge is 0.322 e. The van der Waals surface area contributed by atoms with Gasteiger partial charge >= 0.3 is 0 Å². The van der Waals surface area contributed by atoms with E-state index in [1.54, 1.807) is 36.4 Å². The Hall–Kier alpha value is -2.36. The number of amides is 1. The van der Waals surface area contributed by atoms with Crippen LogP contribution in [0.4, 0.5) is 10.1 Å². The van der Waals surface area contributed by atoms with Crippen LogP contribution in [0.3, 0.4) is 0 Å². The molecule has 3 aromatic carbocycles. The summed E-state index contributed by atoms with van der Waals surface area (Å²) >= 11 is 12.0. The fraction of sp³-hybridized carbons (Fsp3) is 0.174. The summed E-state index contributed by atoms with van der Waals surface area (Å²) in [5, 5.41) is 3.77. The van der Waals surface area contributed by atoms with Gasteiger partial charge in [-0.25, -0.2) is 4.39 Å². The Kier molecular flexibility index (Phi) is 4.90. The molecule has 28 heavy (non-hydrogen) atoms. The third kappa shape index (κ3) is 3.52. The number of hydrogen-bond acceptors (Lipinski definition) is 1. The van der Waals surface area contributed by atoms with E-state index in [-0.39, 0.29) is 11.8 Å². The van der Waals surface area contributed by atoms with Crippen LogP contribution in [0, 0.1) is 6.92 Å². The third-order valence-corrected chi connectivity index (χ3v) is 6.00. The summed E-state index contributed by atoms with van der Waals surface area (Å²) in [6.07, 6.45) is 0.389. The number of carbonyl (C=O) groups is 1. The van der Waals surface area contributed by atoms with Crippen LogP contribution in [-0.4, -0.2) is 5.91 Å². The minimum atomic E-state index is -1.44. The number of aryl methyl sites for hydroxylation is 1. The Labute approximate surface area is 173 Å². The minimum Gasteiger partial charge on any atom is -0.322 e. The lowest BCUT2D eigenvalue weighted by molar-refractivity contribution is 0.102. The van der Waals surface area contributed by atoms with Crippen LogP contribution in [0.2, 0.25) is 10.0 Å². The van der Waals surface area contributed by atoms with Gasteiger partial charge in [-0.1, -0.05) is 59.6 Å². The summed E-state index contributed by atoms with van der Waals surface area (Å²) in [5.74, 6) is -0.473. The van der Waals surface area contributed by atoms with Crippen molar-refractivity contribution >= 4 is 34.8 Å². The van der Waals surface area contributed by atoms with Crippen molar-refractivity contribution in [3.8, 4) is 0 Å². The molecule has 1 N–H and O–H groups in total. The van der Waals surface area contributed by atoms with Crippen molar-refractivity contribution in [2.24, 2.45) is 0 Å². The van der Waals surface area contributed by atoms with Gasteiger partial charge < -0.3 is 5.32 Å². The van der Waals surface area contributed by atoms with Gasteiger partial charge in [0.1, 0.15) is 5.67 Å². The first kappa shape index (κ1) is 19.0. The lowest BCUT2D eigenvalue weighted by Crippen LogP contribution is -2.13. The van der Waals surface area contributed by atoms with Gasteiger partial charge in [0, 0.05) is 17.2 Å². The fourth-order valence-corrected chi connectivity index (χ4v) is 3.78. The first-order chi connectivity index (χ1) is 13.4. The molecule has 2 unspecified atom stereocenters. The summed E-state index contributed by atoms with van der Waals surface area (Å²) in [4.78, 5) is 12.5. The van der Waals surface area contributed by atoms with E-state index in [1.807, 2.05) is 37.3 Å². The molecular formula is C23H18Cl2FNO. The van der Waals surface area contributed by atoms with Crippen molar-refractivity contribution in [1.29, 1.82) is 0 Å². The third-order valence-electron chi connectivity index (χ3n) is 5.26. The predicted octanol–water partition coefficient (Wildman–Crippen LogP) is 6.91. The van der Waals surface area contributed by atoms with Crippen molar-refractivity contribution in [3.63, 3.8) is 0 Å². The summed E-state index contributed by atoms with van der Waals surface area (Å²) in [6, 6.07) is 19.5. The molecule has 3 aromatic rings. The average molecular weight is 414 g/mol. The van der Waals surface area contributed by atoms with Crippen LogP contribution in [0.15, 0.2) is 66.7 Å². The number of anilines is 1. The molecule has 2 atom stereocenters. The maximum absolute atomic E-state index is 15.4. The number of benzene rings is 3. The molecule has 0 radical (unpaired) electrons. The minimum absolute atomic E-state index is 0.217. The molecule has 0 aliphatic heterocycles. The highest BCUT2D eigenvalue weighted by atomic mass is 35.5. The highest BCUT2D eigenvalue weighted by molar-refractivity contribution is 6.42. The number of hydrogen-bond donors (Lipinski definition) is 1. The summed E-state index contributed by atoms with van der Waals surface area (Å²) in [5.41, 5.74) is 2.19. The van der Waals surface area contributed by atoms with Crippen LogP contribution in [-0.2, 0) is 5.67 Å². The molecule has 4 rings (SSSR count). The van der Waals surface area contributed by atoms with Gasteiger partial charge in [0.2, 0.25) is 0 Å². The maximum atomic E-state index is 15.4. The summed E-state index contributed by atoms with van der Waals surface area (Å²) < 4.78 is 15.4. The van der Waals surface area contributed by atoms with Crippen molar-refractivity contribution < 1.29 is 9.18 Å². The standard InChI is InChI=1S/C23H18Cl2FNO/c1-14-4-2-3-5-21(14)27-22(28)15-6-9-17(10-7-15)23(26)13-18(23)16-8-11-19(24)20(25)12-16/h2-12,18H,13H2,1H3,(H,27,28). The van der Waals surface area contributed by atoms with E-state index < -0.39 is 5.67 Å². The van der Waals surface area contributed by atoms with Crippen LogP contribution in [0.1, 0.15) is 39.4 Å². The highest BCUT2D eigenvalue weighted by Crippen LogP contribution is 2.61. The molecule has 0 saturated heterocycles. The monoisotopic (exact) mass is 413 g/mol. The Balaban J connectivity index is 1.50. The maximum Gasteiger partial charge on any atom is 0.255 e. The van der Waals surface area contributed by atoms with Gasteiger partial charge in [0.15, 0.2) is 0 Å². The Bertz CT molecular complexity index is 1050. The molecular weight excluding hydrogens is 396 g/mol. The van der Waals surface area contributed by atoms with Crippen LogP contribution >= 0.6 is 23.2 Å². The molecule has 1 fully saturated rings. The van der Waals surface area contributed by atoms with E-state index in [0.29, 0.717) is 27.6 Å². The smallest absolute Gasteiger partial charge is 0.255 e. The average Bonchev–Trinajstić information content (AvgIpc) is 3.39. The van der Waals surface area contributed by atoms with Gasteiger partial charge in [-0.15, -0.1) is 0 Å². The number of halogens is 3. The SMILES string of the molecule is Cc1ccccc1NC(=O)c1ccc(C2(F)CC2c2ccc(Cl)c(Cl)c2)cc1. The topological polar surface area (TPSA) is 29.1 Å². The first-order valence-corrected chi connectivity index (χ1v) is 9.75. The van der Waals surface area contributed by atoms with E-state index >= 15 is 4.39 Å². The fourth-order valence-electron chi connectivity index (χ4n) is 3.47. The molecule has 1 amide bonds. The predicted molar refractivity (Wildman–Crippen MR) is 112 cm³/mol. The van der Waals surface area contributed by atoms with Crippen molar-refractivity contribution in [2.75, 3.05) is 5.32 Å². The molecule has 0 spiro atoms. The number of carbonyl (C=O) groups excluding carboxylic acids is 1. The Morgan fingerprint density at radius 2 is 1.75 bits per heavy atom. The van der Waals surface area contributed by atoms with Crippen LogP contribution in [0.25, 0.3) is 0 Å². The number of para-hydroxylation sites is 1. The summed E-state index contributed by atoms with van der Waals surface area (Å²) in [6.45, 7) is 1.93. The zero-order valence-corrected chi connectivity index (χ0v) is 16.7. The molecule has 1 aliphatic carbocycles. The number of nitrogens with one attached hydrogen (secondary N) is 1. The Morgan fingerprint density at radius 1 is 1.04 bits per heavy atom. The number of alkyl halides is 1. The van der Waals surface area contributed by atoms with Crippen molar-refractivity contribution in [3.05, 3.63) is 99.0 Å². The quantitative estimate of drug-likeness (QED) is 0.494. The van der Waals surface area contributed by atoms with Crippen LogP contribution < -0.4 is 5.32 Å². The van der Waals surface area contributed by atoms with E-state index in [2.05, 4.69) is 5.32 Å². The van der Waals surface area contributed by atoms with E-state index in [4.69, 9.17) is 23.2 Å². The lowest BCUT2D eigenvalue weighted by atomic mass is 10.0. The van der Waals surface area contributed by atoms with E-state index in [0.717, 1.165) is 16.8 Å². The Morgan fingerprint density at radius 3 is 2.43 bits per heavy atom. The molecule has 0 bridgehead atoms. The zero-order valence-electron chi connectivity index (χ0n) is 15.2. The lowest BCUT2D eigenvalue weighted by Gasteiger charge is -2.11. The van der Waals surface area contributed by atoms with E-state index in [9.17, 15) is 4.79 Å². The second kappa shape index (κ2) is 7.23. The van der Waals surface area contributed by atoms with Crippen molar-refractivity contribution in [2.45, 2.75) is 24.9 Å². The molecule has 0 aromatic heterocycles. The highest BCUT2D eigenvalue weighted by Gasteiger charge is 2.57. The van der Waals surface area contributed by atoms with Gasteiger partial charge in [-0.05, 0) is 60.4 Å². The van der Waals surface area contributed by atoms with E-state index in [1.165, 1.54) is 0 Å². The molecule has 142 valence electrons. The molecule has 1 saturated carbocycles. The van der Waals surface area contributed by atoms with Crippen molar-refractivity contribution in [1.82, 2.24) is 0 Å². The molecule has 1 aliphatic rings. The zero-order chi connectivity index (χ0) is 19.9. The second-order valence-electron chi connectivity index (χ2n) is 7.14. The second-order valence-corrected chi connectivity index (χ2v) is 7.95. The molecule has 0 heterocycles. The molecule has 2 nitrogen and oxygen atoms in total. The summed E-state index contributed by atoms with van der Waals surface area (Å²) in [7, 11) is 0. The van der Waals surface area contributed by atoms with Gasteiger partial charge in [-0.3, -0.25) is 4.79 Å². The van der Waals surface area contributed by atoms with Gasteiger partial charge in [0.25, 0.3) is 5.91 Å². The molecule has 5 heteroatoms.